The fourth-order valence-corrected chi connectivity index (χ4v) is 5.47. The number of hydrogen-bond donors (Lipinski definition) is 1. The summed E-state index contributed by atoms with van der Waals surface area (Å²) in [4.78, 5) is 32.6. The van der Waals surface area contributed by atoms with Crippen LogP contribution in [0.15, 0.2) is 48.5 Å². The fraction of sp³-hybridized carbons (Fsp3) is 0.452. The van der Waals surface area contributed by atoms with Crippen molar-refractivity contribution in [2.45, 2.75) is 59.0 Å². The van der Waals surface area contributed by atoms with Gasteiger partial charge in [-0.05, 0) is 42.0 Å². The van der Waals surface area contributed by atoms with E-state index in [0.29, 0.717) is 50.5 Å². The lowest BCUT2D eigenvalue weighted by Crippen LogP contribution is -2.48. The number of anilines is 2. The zero-order chi connectivity index (χ0) is 27.7. The van der Waals surface area contributed by atoms with E-state index in [9.17, 15) is 9.59 Å². The fourth-order valence-electron chi connectivity index (χ4n) is 5.47. The maximum Gasteiger partial charge on any atom is 0.276 e. The van der Waals surface area contributed by atoms with Crippen molar-refractivity contribution in [1.29, 1.82) is 0 Å². The van der Waals surface area contributed by atoms with Crippen LogP contribution in [0.5, 0.6) is 0 Å². The first-order valence-corrected chi connectivity index (χ1v) is 13.9. The number of carbonyl (C=O) groups excluding carboxylic acids is 2. The zero-order valence-electron chi connectivity index (χ0n) is 23.6. The van der Waals surface area contributed by atoms with Crippen molar-refractivity contribution in [2.75, 3.05) is 43.4 Å². The Morgan fingerprint density at radius 1 is 0.949 bits per heavy atom. The van der Waals surface area contributed by atoms with Gasteiger partial charge in [0.25, 0.3) is 5.91 Å². The van der Waals surface area contributed by atoms with Crippen molar-refractivity contribution >= 4 is 23.3 Å². The van der Waals surface area contributed by atoms with Gasteiger partial charge in [0.2, 0.25) is 5.91 Å². The predicted octanol–water partition coefficient (Wildman–Crippen LogP) is 4.01. The minimum atomic E-state index is -0.110. The lowest BCUT2D eigenvalue weighted by Gasteiger charge is -2.35. The highest BCUT2D eigenvalue weighted by atomic mass is 16.2. The van der Waals surface area contributed by atoms with E-state index in [0.717, 1.165) is 36.4 Å². The van der Waals surface area contributed by atoms with Gasteiger partial charge in [0, 0.05) is 56.9 Å². The van der Waals surface area contributed by atoms with Gasteiger partial charge in [0.1, 0.15) is 11.5 Å². The number of hydrogen-bond acceptors (Lipinski definition) is 5. The largest absolute Gasteiger partial charge is 0.382 e. The number of carbonyl (C=O) groups is 2. The van der Waals surface area contributed by atoms with Gasteiger partial charge < -0.3 is 15.5 Å². The van der Waals surface area contributed by atoms with Crippen LogP contribution in [0.4, 0.5) is 11.5 Å². The Labute approximate surface area is 231 Å². The molecule has 1 fully saturated rings. The molecular formula is C31H40N6O2. The average Bonchev–Trinajstić information content (AvgIpc) is 3.24. The average molecular weight is 529 g/mol. The molecule has 2 amide bonds. The molecule has 8 heteroatoms. The van der Waals surface area contributed by atoms with Crippen LogP contribution >= 0.6 is 0 Å². The number of aromatic nitrogens is 2. The lowest BCUT2D eigenvalue weighted by atomic mass is 9.87. The molecule has 206 valence electrons. The summed E-state index contributed by atoms with van der Waals surface area (Å²) in [6, 6.07) is 16.8. The van der Waals surface area contributed by atoms with Gasteiger partial charge in [-0.3, -0.25) is 19.2 Å². The van der Waals surface area contributed by atoms with E-state index in [1.165, 1.54) is 11.1 Å². The first-order chi connectivity index (χ1) is 18.6. The second-order valence-corrected chi connectivity index (χ2v) is 11.8. The second-order valence-electron chi connectivity index (χ2n) is 11.8. The standard InChI is InChI=1S/C31H40N6O2/c1-22-5-11-25(12-6-22)36-15-13-26-28(30(36)39)37(33-29(26)32)16-14-27(38)35-19-17-34(18-20-35)21-23-7-9-24(10-8-23)31(2,3)4/h5-12H,13-21H2,1-4H3,(H2,32,33). The zero-order valence-corrected chi connectivity index (χ0v) is 23.6. The molecule has 3 aromatic rings. The SMILES string of the molecule is Cc1ccc(N2CCc3c(N)nn(CCC(=O)N4CCN(Cc5ccc(C(C)(C)C)cc5)CC4)c3C2=O)cc1. The van der Waals surface area contributed by atoms with Crippen LogP contribution in [0.25, 0.3) is 0 Å². The van der Waals surface area contributed by atoms with E-state index in [1.54, 1.807) is 9.58 Å². The molecule has 0 atom stereocenters. The highest BCUT2D eigenvalue weighted by molar-refractivity contribution is 6.07. The van der Waals surface area contributed by atoms with Crippen molar-refractivity contribution in [3.8, 4) is 0 Å². The van der Waals surface area contributed by atoms with Crippen molar-refractivity contribution in [3.05, 3.63) is 76.5 Å². The Bertz CT molecular complexity index is 1330. The molecule has 2 aliphatic heterocycles. The summed E-state index contributed by atoms with van der Waals surface area (Å²) in [5, 5.41) is 4.45. The number of nitrogen functional groups attached to an aromatic ring is 1. The topological polar surface area (TPSA) is 87.7 Å². The molecule has 0 aliphatic carbocycles. The van der Waals surface area contributed by atoms with Gasteiger partial charge in [0.15, 0.2) is 0 Å². The highest BCUT2D eigenvalue weighted by Gasteiger charge is 2.32. The van der Waals surface area contributed by atoms with Crippen molar-refractivity contribution in [3.63, 3.8) is 0 Å². The number of amides is 2. The Hall–Kier alpha value is -3.65. The Balaban J connectivity index is 1.16. The quantitative estimate of drug-likeness (QED) is 0.522. The molecule has 2 aliphatic rings. The number of benzene rings is 2. The number of nitrogens with zero attached hydrogens (tertiary/aromatic N) is 5. The van der Waals surface area contributed by atoms with E-state index in [2.05, 4.69) is 55.0 Å². The molecule has 0 spiro atoms. The molecule has 8 nitrogen and oxygen atoms in total. The van der Waals surface area contributed by atoms with Crippen LogP contribution < -0.4 is 10.6 Å². The third-order valence-corrected chi connectivity index (χ3v) is 7.95. The first-order valence-electron chi connectivity index (χ1n) is 13.9. The van der Waals surface area contributed by atoms with Crippen LogP contribution in [-0.2, 0) is 29.7 Å². The maximum absolute atomic E-state index is 13.4. The summed E-state index contributed by atoms with van der Waals surface area (Å²) >= 11 is 0. The first kappa shape index (κ1) is 26.9. The third-order valence-electron chi connectivity index (χ3n) is 7.95. The van der Waals surface area contributed by atoms with E-state index < -0.39 is 0 Å². The Kier molecular flexibility index (Phi) is 7.49. The van der Waals surface area contributed by atoms with Gasteiger partial charge in [-0.25, -0.2) is 0 Å². The summed E-state index contributed by atoms with van der Waals surface area (Å²) in [7, 11) is 0. The van der Waals surface area contributed by atoms with Gasteiger partial charge in [-0.15, -0.1) is 0 Å². The van der Waals surface area contributed by atoms with E-state index in [-0.39, 0.29) is 17.2 Å². The van der Waals surface area contributed by atoms with Crippen LogP contribution in [0, 0.1) is 6.92 Å². The molecule has 1 aromatic heterocycles. The van der Waals surface area contributed by atoms with Crippen molar-refractivity contribution < 1.29 is 9.59 Å². The molecule has 1 saturated heterocycles. The Morgan fingerprint density at radius 3 is 2.26 bits per heavy atom. The molecule has 2 aromatic carbocycles. The van der Waals surface area contributed by atoms with Gasteiger partial charge in [-0.1, -0.05) is 62.7 Å². The minimum absolute atomic E-state index is 0.0886. The molecule has 0 saturated carbocycles. The summed E-state index contributed by atoms with van der Waals surface area (Å²) < 4.78 is 1.64. The van der Waals surface area contributed by atoms with Gasteiger partial charge >= 0.3 is 0 Å². The molecule has 0 radical (unpaired) electrons. The van der Waals surface area contributed by atoms with Crippen LogP contribution in [0.1, 0.15) is 59.9 Å². The number of rotatable bonds is 6. The molecule has 39 heavy (non-hydrogen) atoms. The van der Waals surface area contributed by atoms with Crippen LogP contribution in [0.3, 0.4) is 0 Å². The van der Waals surface area contributed by atoms with E-state index >= 15 is 0 Å². The van der Waals surface area contributed by atoms with Crippen molar-refractivity contribution in [1.82, 2.24) is 19.6 Å². The number of nitrogens with two attached hydrogens (primary N) is 1. The monoisotopic (exact) mass is 528 g/mol. The summed E-state index contributed by atoms with van der Waals surface area (Å²) in [6.07, 6.45) is 0.940. The summed E-state index contributed by atoms with van der Waals surface area (Å²) in [5.41, 5.74) is 12.3. The maximum atomic E-state index is 13.4. The smallest absolute Gasteiger partial charge is 0.276 e. The highest BCUT2D eigenvalue weighted by Crippen LogP contribution is 2.28. The van der Waals surface area contributed by atoms with Crippen molar-refractivity contribution in [2.24, 2.45) is 0 Å². The van der Waals surface area contributed by atoms with Gasteiger partial charge in [-0.2, -0.15) is 5.10 Å². The number of aryl methyl sites for hydroxylation is 2. The molecule has 5 rings (SSSR count). The second kappa shape index (κ2) is 10.8. The minimum Gasteiger partial charge on any atom is -0.382 e. The van der Waals surface area contributed by atoms with Gasteiger partial charge in [0.05, 0.1) is 6.54 Å². The summed E-state index contributed by atoms with van der Waals surface area (Å²) in [5.74, 6) is 0.366. The summed E-state index contributed by atoms with van der Waals surface area (Å²) in [6.45, 7) is 13.6. The third kappa shape index (κ3) is 5.86. The lowest BCUT2D eigenvalue weighted by molar-refractivity contribution is -0.133. The molecule has 3 heterocycles. The number of fused-ring (bicyclic) bond motifs is 1. The molecule has 0 bridgehead atoms. The Morgan fingerprint density at radius 2 is 1.62 bits per heavy atom. The van der Waals surface area contributed by atoms with E-state index in [1.807, 2.05) is 36.1 Å². The van der Waals surface area contributed by atoms with Crippen LogP contribution in [0.2, 0.25) is 0 Å². The normalized spacial score (nSPS) is 16.5. The number of piperazine rings is 1. The van der Waals surface area contributed by atoms with Crippen LogP contribution in [-0.4, -0.2) is 64.1 Å². The molecule has 2 N–H and O–H groups in total. The molecule has 0 unspecified atom stereocenters. The molecular weight excluding hydrogens is 488 g/mol. The van der Waals surface area contributed by atoms with E-state index in [4.69, 9.17) is 5.73 Å². The predicted molar refractivity (Wildman–Crippen MR) is 155 cm³/mol.